The van der Waals surface area contributed by atoms with E-state index in [-0.39, 0.29) is 30.1 Å². The van der Waals surface area contributed by atoms with Gasteiger partial charge in [-0.15, -0.1) is 22.0 Å². The minimum Gasteiger partial charge on any atom is -0.342 e. The lowest BCUT2D eigenvalue weighted by atomic mass is 10.1. The van der Waals surface area contributed by atoms with Crippen LogP contribution in [0.3, 0.4) is 0 Å². The molecule has 0 radical (unpaired) electrons. The van der Waals surface area contributed by atoms with Gasteiger partial charge in [-0.25, -0.2) is 0 Å². The van der Waals surface area contributed by atoms with E-state index in [1.165, 1.54) is 16.9 Å². The molecule has 0 bridgehead atoms. The van der Waals surface area contributed by atoms with Crippen molar-refractivity contribution in [2.24, 2.45) is 5.92 Å². The largest absolute Gasteiger partial charge is 0.342 e. The zero-order chi connectivity index (χ0) is 25.3. The van der Waals surface area contributed by atoms with Gasteiger partial charge in [0.05, 0.1) is 5.92 Å². The average molecular weight is 524 g/mol. The predicted octanol–water partition coefficient (Wildman–Crippen LogP) is 4.81. The number of nitrogens with one attached hydrogen (secondary N) is 2. The number of amides is 3. The Kier molecular flexibility index (Phi) is 9.07. The van der Waals surface area contributed by atoms with E-state index in [2.05, 4.69) is 39.9 Å². The van der Waals surface area contributed by atoms with Gasteiger partial charge in [0.15, 0.2) is 0 Å². The molecule has 10 heteroatoms. The predicted molar refractivity (Wildman–Crippen MR) is 144 cm³/mol. The zero-order valence-corrected chi connectivity index (χ0v) is 21.7. The quantitative estimate of drug-likeness (QED) is 0.374. The first-order chi connectivity index (χ1) is 17.5. The van der Waals surface area contributed by atoms with E-state index < -0.39 is 0 Å². The molecule has 1 aliphatic heterocycles. The summed E-state index contributed by atoms with van der Waals surface area (Å²) < 4.78 is 0. The van der Waals surface area contributed by atoms with Crippen molar-refractivity contribution >= 4 is 51.6 Å². The molecular weight excluding hydrogens is 494 g/mol. The summed E-state index contributed by atoms with van der Waals surface area (Å²) >= 11 is 3.10. The molecule has 0 saturated carbocycles. The Bertz CT molecular complexity index is 1180. The topological polar surface area (TPSA) is 104 Å². The maximum atomic E-state index is 12.6. The maximum Gasteiger partial charge on any atom is 0.257 e. The molecule has 0 spiro atoms. The Hall–Kier alpha value is -3.24. The van der Waals surface area contributed by atoms with Crippen molar-refractivity contribution in [2.75, 3.05) is 23.7 Å². The Labute approximate surface area is 218 Å². The van der Waals surface area contributed by atoms with Crippen molar-refractivity contribution in [1.82, 2.24) is 15.1 Å². The normalized spacial score (nSPS) is 15.2. The molecule has 36 heavy (non-hydrogen) atoms. The molecular formula is C26H29N5O3S2. The van der Waals surface area contributed by atoms with Crippen LogP contribution in [0.15, 0.2) is 54.6 Å². The van der Waals surface area contributed by atoms with Crippen LogP contribution in [-0.4, -0.2) is 45.9 Å². The minimum atomic E-state index is -0.352. The molecule has 1 unspecified atom stereocenters. The van der Waals surface area contributed by atoms with Gasteiger partial charge in [0, 0.05) is 42.3 Å². The zero-order valence-electron chi connectivity index (χ0n) is 20.1. The number of thioether (sulfide) groups is 1. The van der Waals surface area contributed by atoms with Gasteiger partial charge in [0.1, 0.15) is 5.01 Å². The summed E-state index contributed by atoms with van der Waals surface area (Å²) in [5.41, 5.74) is 2.29. The lowest BCUT2D eigenvalue weighted by Gasteiger charge is -2.16. The van der Waals surface area contributed by atoms with Gasteiger partial charge in [-0.05, 0) is 36.2 Å². The van der Waals surface area contributed by atoms with Crippen LogP contribution in [0.2, 0.25) is 0 Å². The minimum absolute atomic E-state index is 0.0326. The summed E-state index contributed by atoms with van der Waals surface area (Å²) in [4.78, 5) is 39.1. The lowest BCUT2D eigenvalue weighted by Crippen LogP contribution is -2.29. The molecule has 1 saturated heterocycles. The first kappa shape index (κ1) is 25.8. The van der Waals surface area contributed by atoms with Crippen LogP contribution in [0.1, 0.15) is 47.1 Å². The van der Waals surface area contributed by atoms with Crippen molar-refractivity contribution in [3.8, 4) is 0 Å². The summed E-state index contributed by atoms with van der Waals surface area (Å²) in [6, 6.07) is 16.9. The standard InChI is InChI=1S/C26H29N5O3S2/c1-2-3-13-31-15-20(14-23(31)32)25(34)27-21-11-9-19(10-12-21)24(33)28-26-30-29-22(36-26)17-35-16-18-7-5-4-6-8-18/h4-12,20H,2-3,13-17H2,1H3,(H,27,34)(H,28,30,33). The number of benzene rings is 2. The maximum absolute atomic E-state index is 12.6. The van der Waals surface area contributed by atoms with Gasteiger partial charge in [-0.2, -0.15) is 0 Å². The van der Waals surface area contributed by atoms with Gasteiger partial charge < -0.3 is 10.2 Å². The van der Waals surface area contributed by atoms with E-state index in [1.54, 1.807) is 40.9 Å². The number of hydrogen-bond donors (Lipinski definition) is 2. The van der Waals surface area contributed by atoms with E-state index in [9.17, 15) is 14.4 Å². The van der Waals surface area contributed by atoms with Crippen LogP contribution in [0.5, 0.6) is 0 Å². The van der Waals surface area contributed by atoms with Crippen molar-refractivity contribution < 1.29 is 14.4 Å². The number of unbranched alkanes of at least 4 members (excludes halogenated alkanes) is 1. The molecule has 0 aliphatic carbocycles. The highest BCUT2D eigenvalue weighted by Gasteiger charge is 2.33. The first-order valence-electron chi connectivity index (χ1n) is 12.0. The number of carbonyl (C=O) groups is 3. The van der Waals surface area contributed by atoms with Gasteiger partial charge in [-0.3, -0.25) is 19.7 Å². The molecule has 2 aromatic carbocycles. The summed E-state index contributed by atoms with van der Waals surface area (Å²) in [5, 5.41) is 15.2. The average Bonchev–Trinajstić information content (AvgIpc) is 3.49. The van der Waals surface area contributed by atoms with Crippen molar-refractivity contribution in [3.63, 3.8) is 0 Å². The van der Waals surface area contributed by atoms with Crippen LogP contribution in [-0.2, 0) is 21.1 Å². The highest BCUT2D eigenvalue weighted by molar-refractivity contribution is 7.97. The fourth-order valence-corrected chi connectivity index (χ4v) is 5.60. The highest BCUT2D eigenvalue weighted by atomic mass is 32.2. The molecule has 1 atom stereocenters. The molecule has 2 heterocycles. The van der Waals surface area contributed by atoms with Crippen LogP contribution < -0.4 is 10.6 Å². The smallest absolute Gasteiger partial charge is 0.257 e. The second kappa shape index (κ2) is 12.6. The van der Waals surface area contributed by atoms with Gasteiger partial charge in [0.25, 0.3) is 5.91 Å². The van der Waals surface area contributed by atoms with E-state index in [0.717, 1.165) is 29.4 Å². The van der Waals surface area contributed by atoms with E-state index in [0.29, 0.717) is 29.5 Å². The Balaban J connectivity index is 1.24. The van der Waals surface area contributed by atoms with Crippen LogP contribution in [0.4, 0.5) is 10.8 Å². The Morgan fingerprint density at radius 1 is 1.06 bits per heavy atom. The molecule has 188 valence electrons. The molecule has 1 aliphatic rings. The number of anilines is 2. The molecule has 2 N–H and O–H groups in total. The Morgan fingerprint density at radius 3 is 2.58 bits per heavy atom. The SMILES string of the molecule is CCCCN1CC(C(=O)Nc2ccc(C(=O)Nc3nnc(CSCc4ccccc4)s3)cc2)CC1=O. The summed E-state index contributed by atoms with van der Waals surface area (Å²) in [7, 11) is 0. The third kappa shape index (κ3) is 7.14. The third-order valence-electron chi connectivity index (χ3n) is 5.81. The number of nitrogens with zero attached hydrogens (tertiary/aromatic N) is 3. The summed E-state index contributed by atoms with van der Waals surface area (Å²) in [5.74, 6) is 0.824. The fraction of sp³-hybridized carbons (Fsp3) is 0.346. The molecule has 1 fully saturated rings. The van der Waals surface area contributed by atoms with Crippen LogP contribution in [0, 0.1) is 5.92 Å². The fourth-order valence-electron chi connectivity index (χ4n) is 3.82. The molecule has 1 aromatic heterocycles. The Morgan fingerprint density at radius 2 is 1.83 bits per heavy atom. The second-order valence-electron chi connectivity index (χ2n) is 8.59. The second-order valence-corrected chi connectivity index (χ2v) is 10.6. The van der Waals surface area contributed by atoms with E-state index in [4.69, 9.17) is 0 Å². The van der Waals surface area contributed by atoms with E-state index in [1.807, 2.05) is 18.2 Å². The monoisotopic (exact) mass is 523 g/mol. The third-order valence-corrected chi connectivity index (χ3v) is 7.84. The number of carbonyl (C=O) groups excluding carboxylic acids is 3. The highest BCUT2D eigenvalue weighted by Crippen LogP contribution is 2.24. The van der Waals surface area contributed by atoms with Crippen LogP contribution >= 0.6 is 23.1 Å². The molecule has 4 rings (SSSR count). The van der Waals surface area contributed by atoms with Gasteiger partial charge in [-0.1, -0.05) is 55.0 Å². The van der Waals surface area contributed by atoms with Crippen molar-refractivity contribution in [3.05, 3.63) is 70.7 Å². The van der Waals surface area contributed by atoms with E-state index >= 15 is 0 Å². The van der Waals surface area contributed by atoms with Crippen LogP contribution in [0.25, 0.3) is 0 Å². The summed E-state index contributed by atoms with van der Waals surface area (Å²) in [6.07, 6.45) is 2.19. The lowest BCUT2D eigenvalue weighted by molar-refractivity contribution is -0.128. The number of aromatic nitrogens is 2. The first-order valence-corrected chi connectivity index (χ1v) is 13.9. The number of likely N-dealkylation sites (tertiary alicyclic amines) is 1. The molecule has 3 aromatic rings. The van der Waals surface area contributed by atoms with Gasteiger partial charge >= 0.3 is 0 Å². The van der Waals surface area contributed by atoms with Crippen molar-refractivity contribution in [2.45, 2.75) is 37.7 Å². The van der Waals surface area contributed by atoms with Crippen molar-refractivity contribution in [1.29, 1.82) is 0 Å². The number of hydrogen-bond acceptors (Lipinski definition) is 7. The molecule has 8 nitrogen and oxygen atoms in total. The van der Waals surface area contributed by atoms with Gasteiger partial charge in [0.2, 0.25) is 16.9 Å². The number of rotatable bonds is 11. The summed E-state index contributed by atoms with van der Waals surface area (Å²) in [6.45, 7) is 3.23. The molecule has 3 amide bonds.